The third kappa shape index (κ3) is 2.82. The molecule has 1 saturated heterocycles. The molecular formula is C17H21FN4O3. The molecule has 7 nitrogen and oxygen atoms in total. The number of rotatable bonds is 4. The van der Waals surface area contributed by atoms with Crippen molar-refractivity contribution in [2.75, 3.05) is 23.8 Å². The van der Waals surface area contributed by atoms with Gasteiger partial charge in [-0.05, 0) is 45.0 Å². The van der Waals surface area contributed by atoms with Gasteiger partial charge in [-0.1, -0.05) is 0 Å². The zero-order valence-electron chi connectivity index (χ0n) is 14.4. The van der Waals surface area contributed by atoms with E-state index in [0.29, 0.717) is 18.1 Å². The number of hydrogen-bond donors (Lipinski definition) is 2. The zero-order chi connectivity index (χ0) is 18.4. The van der Waals surface area contributed by atoms with Crippen LogP contribution in [0.3, 0.4) is 0 Å². The number of esters is 1. The van der Waals surface area contributed by atoms with Gasteiger partial charge in [0, 0.05) is 0 Å². The standard InChI is InChI=1S/C17H21FN4O3/c1-4-25-16(23)14-13(19)15(21-9-17(3,24)10(21)2)22(20-14)12-7-5-11(18)6-8-12/h5-8,10,24H,4,9,19H2,1-3H3/t10-,17-/m1/s1. The Balaban J connectivity index is 2.11. The smallest absolute Gasteiger partial charge is 0.361 e. The van der Waals surface area contributed by atoms with Crippen LogP contribution in [-0.2, 0) is 4.74 Å². The van der Waals surface area contributed by atoms with E-state index < -0.39 is 11.6 Å². The number of halogens is 1. The maximum atomic E-state index is 13.2. The van der Waals surface area contributed by atoms with Crippen molar-refractivity contribution in [3.05, 3.63) is 35.8 Å². The van der Waals surface area contributed by atoms with Crippen LogP contribution in [0.5, 0.6) is 0 Å². The molecular weight excluding hydrogens is 327 g/mol. The number of aromatic nitrogens is 2. The van der Waals surface area contributed by atoms with Gasteiger partial charge in [-0.15, -0.1) is 0 Å². The highest BCUT2D eigenvalue weighted by atomic mass is 19.1. The number of anilines is 2. The van der Waals surface area contributed by atoms with E-state index in [-0.39, 0.29) is 29.8 Å². The predicted molar refractivity (Wildman–Crippen MR) is 91.3 cm³/mol. The number of ether oxygens (including phenoxy) is 1. The topological polar surface area (TPSA) is 93.6 Å². The third-order valence-electron chi connectivity index (χ3n) is 4.57. The Hall–Kier alpha value is -2.61. The summed E-state index contributed by atoms with van der Waals surface area (Å²) in [6, 6.07) is 5.47. The van der Waals surface area contributed by atoms with Gasteiger partial charge >= 0.3 is 5.97 Å². The fourth-order valence-corrected chi connectivity index (χ4v) is 2.91. The number of benzene rings is 1. The molecule has 25 heavy (non-hydrogen) atoms. The Morgan fingerprint density at radius 3 is 2.64 bits per heavy atom. The summed E-state index contributed by atoms with van der Waals surface area (Å²) in [5.41, 5.74) is 6.04. The highest BCUT2D eigenvalue weighted by Crippen LogP contribution is 2.39. The Morgan fingerprint density at radius 2 is 2.12 bits per heavy atom. The van der Waals surface area contributed by atoms with Gasteiger partial charge in [-0.25, -0.2) is 13.9 Å². The molecule has 3 N–H and O–H groups in total. The molecule has 0 radical (unpaired) electrons. The minimum Gasteiger partial charge on any atom is -0.461 e. The molecule has 2 atom stereocenters. The van der Waals surface area contributed by atoms with Crippen LogP contribution in [0.4, 0.5) is 15.9 Å². The first kappa shape index (κ1) is 17.2. The SMILES string of the molecule is CCOC(=O)c1nn(-c2ccc(F)cc2)c(N2C[C@@](C)(O)[C@H]2C)c1N. The number of aliphatic hydroxyl groups is 1. The first-order valence-corrected chi connectivity index (χ1v) is 8.07. The van der Waals surface area contributed by atoms with Gasteiger partial charge in [0.25, 0.3) is 0 Å². The van der Waals surface area contributed by atoms with Crippen LogP contribution in [0.2, 0.25) is 0 Å². The van der Waals surface area contributed by atoms with E-state index in [4.69, 9.17) is 10.5 Å². The summed E-state index contributed by atoms with van der Waals surface area (Å²) in [4.78, 5) is 14.0. The fraction of sp³-hybridized carbons (Fsp3) is 0.412. The number of β-amino-alcohol motifs (C(OH)–C–C–N with tert-alkyl or cyclic N) is 1. The van der Waals surface area contributed by atoms with Crippen molar-refractivity contribution < 1.29 is 19.0 Å². The van der Waals surface area contributed by atoms with Gasteiger partial charge in [0.1, 0.15) is 11.5 Å². The summed E-state index contributed by atoms with van der Waals surface area (Å²) >= 11 is 0. The van der Waals surface area contributed by atoms with Crippen LogP contribution in [0.25, 0.3) is 5.69 Å². The third-order valence-corrected chi connectivity index (χ3v) is 4.57. The summed E-state index contributed by atoms with van der Waals surface area (Å²) in [5.74, 6) is -0.521. The minimum atomic E-state index is -0.867. The molecule has 0 unspecified atom stereocenters. The van der Waals surface area contributed by atoms with E-state index in [1.54, 1.807) is 26.0 Å². The summed E-state index contributed by atoms with van der Waals surface area (Å²) < 4.78 is 19.7. The summed E-state index contributed by atoms with van der Waals surface area (Å²) in [6.45, 7) is 5.82. The van der Waals surface area contributed by atoms with Crippen molar-refractivity contribution in [2.45, 2.75) is 32.4 Å². The molecule has 1 aromatic heterocycles. The van der Waals surface area contributed by atoms with Crippen LogP contribution in [0.15, 0.2) is 24.3 Å². The molecule has 0 aliphatic carbocycles. The fourth-order valence-electron chi connectivity index (χ4n) is 2.91. The van der Waals surface area contributed by atoms with Crippen LogP contribution >= 0.6 is 0 Å². The summed E-state index contributed by atoms with van der Waals surface area (Å²) in [6.07, 6.45) is 0. The number of hydrogen-bond acceptors (Lipinski definition) is 6. The van der Waals surface area contributed by atoms with E-state index in [0.717, 1.165) is 0 Å². The van der Waals surface area contributed by atoms with Crippen molar-refractivity contribution in [3.63, 3.8) is 0 Å². The Kier molecular flexibility index (Phi) is 4.16. The lowest BCUT2D eigenvalue weighted by Gasteiger charge is -2.52. The van der Waals surface area contributed by atoms with Gasteiger partial charge in [-0.3, -0.25) is 0 Å². The molecule has 1 fully saturated rings. The highest BCUT2D eigenvalue weighted by molar-refractivity contribution is 5.96. The molecule has 0 bridgehead atoms. The predicted octanol–water partition coefficient (Wildman–Crippen LogP) is 1.73. The maximum absolute atomic E-state index is 13.2. The maximum Gasteiger partial charge on any atom is 0.361 e. The number of nitrogen functional groups attached to an aromatic ring is 1. The van der Waals surface area contributed by atoms with Gasteiger partial charge < -0.3 is 20.5 Å². The number of carbonyl (C=O) groups excluding carboxylic acids is 1. The molecule has 1 aromatic carbocycles. The van der Waals surface area contributed by atoms with E-state index in [1.165, 1.54) is 16.8 Å². The van der Waals surface area contributed by atoms with E-state index in [2.05, 4.69) is 5.10 Å². The zero-order valence-corrected chi connectivity index (χ0v) is 14.4. The molecule has 0 amide bonds. The second-order valence-corrected chi connectivity index (χ2v) is 6.36. The van der Waals surface area contributed by atoms with Crippen molar-refractivity contribution in [1.29, 1.82) is 0 Å². The number of carbonyl (C=O) groups is 1. The molecule has 1 aliphatic rings. The first-order valence-electron chi connectivity index (χ1n) is 8.07. The first-order chi connectivity index (χ1) is 11.8. The second kappa shape index (κ2) is 6.03. The summed E-state index contributed by atoms with van der Waals surface area (Å²) in [7, 11) is 0. The average molecular weight is 348 g/mol. The lowest BCUT2D eigenvalue weighted by Crippen LogP contribution is -2.67. The quantitative estimate of drug-likeness (QED) is 0.818. The van der Waals surface area contributed by atoms with Gasteiger partial charge in [0.15, 0.2) is 11.5 Å². The molecule has 0 spiro atoms. The normalized spacial score (nSPS) is 22.6. The van der Waals surface area contributed by atoms with Gasteiger partial charge in [0.2, 0.25) is 0 Å². The highest BCUT2D eigenvalue weighted by Gasteiger charge is 2.47. The average Bonchev–Trinajstić information content (AvgIpc) is 2.90. The van der Waals surface area contributed by atoms with Crippen molar-refractivity contribution in [3.8, 4) is 5.69 Å². The van der Waals surface area contributed by atoms with Crippen molar-refractivity contribution in [2.24, 2.45) is 0 Å². The Bertz CT molecular complexity index is 801. The second-order valence-electron chi connectivity index (χ2n) is 6.36. The molecule has 0 saturated carbocycles. The largest absolute Gasteiger partial charge is 0.461 e. The van der Waals surface area contributed by atoms with Crippen LogP contribution in [0, 0.1) is 5.82 Å². The molecule has 2 aromatic rings. The Morgan fingerprint density at radius 1 is 1.48 bits per heavy atom. The van der Waals surface area contributed by atoms with E-state index in [9.17, 15) is 14.3 Å². The molecule has 3 rings (SSSR count). The lowest BCUT2D eigenvalue weighted by molar-refractivity contribution is -0.00861. The Labute approximate surface area is 144 Å². The van der Waals surface area contributed by atoms with E-state index in [1.807, 2.05) is 11.8 Å². The molecule has 2 heterocycles. The monoisotopic (exact) mass is 348 g/mol. The lowest BCUT2D eigenvalue weighted by atomic mass is 9.86. The van der Waals surface area contributed by atoms with Crippen LogP contribution in [0.1, 0.15) is 31.3 Å². The van der Waals surface area contributed by atoms with Gasteiger partial charge in [0.05, 0.1) is 30.5 Å². The van der Waals surface area contributed by atoms with Crippen molar-refractivity contribution >= 4 is 17.5 Å². The van der Waals surface area contributed by atoms with Gasteiger partial charge in [-0.2, -0.15) is 5.10 Å². The number of nitrogens with zero attached hydrogens (tertiary/aromatic N) is 3. The van der Waals surface area contributed by atoms with Crippen molar-refractivity contribution in [1.82, 2.24) is 9.78 Å². The molecule has 8 heteroatoms. The minimum absolute atomic E-state index is 0.0000761. The summed E-state index contributed by atoms with van der Waals surface area (Å²) in [5, 5.41) is 14.5. The molecule has 1 aliphatic heterocycles. The van der Waals surface area contributed by atoms with Crippen LogP contribution < -0.4 is 10.6 Å². The van der Waals surface area contributed by atoms with E-state index >= 15 is 0 Å². The molecule has 134 valence electrons. The van der Waals surface area contributed by atoms with Crippen LogP contribution in [-0.4, -0.2) is 45.7 Å². The number of nitrogens with two attached hydrogens (primary N) is 1.